The van der Waals surface area contributed by atoms with Crippen LogP contribution in [-0.4, -0.2) is 28.9 Å². The predicted octanol–water partition coefficient (Wildman–Crippen LogP) is 3.52. The van der Waals surface area contributed by atoms with Crippen molar-refractivity contribution in [3.8, 4) is 17.0 Å². The van der Waals surface area contributed by atoms with Gasteiger partial charge in [0, 0.05) is 16.5 Å². The summed E-state index contributed by atoms with van der Waals surface area (Å²) >= 11 is 4.85. The average molecular weight is 488 g/mol. The van der Waals surface area contributed by atoms with Crippen LogP contribution < -0.4 is 19.9 Å². The number of benzene rings is 2. The van der Waals surface area contributed by atoms with E-state index in [0.29, 0.717) is 34.5 Å². The Labute approximate surface area is 186 Å². The average Bonchev–Trinajstić information content (AvgIpc) is 2.73. The molecule has 1 aromatic heterocycles. The van der Waals surface area contributed by atoms with Gasteiger partial charge < -0.3 is 4.74 Å². The first kappa shape index (κ1) is 20.6. The Bertz CT molecular complexity index is 1200. The number of amides is 1. The standard InChI is InChI=1S/C21H19BrN4O3S/c1-4-29-17-10-9-13(22)11-15(17)20-25(12(2)27)16-8-6-5-7-14(16)18-19(28)23-21(30-3)24-26(18)20/h5-11,20H,4H2,1-3H3/p+1. The molecule has 1 N–H and O–H groups in total. The molecular weight excluding hydrogens is 468 g/mol. The number of thioether (sulfide) groups is 1. The van der Waals surface area contributed by atoms with E-state index in [9.17, 15) is 9.59 Å². The molecule has 0 radical (unpaired) electrons. The highest BCUT2D eigenvalue weighted by Crippen LogP contribution is 2.40. The van der Waals surface area contributed by atoms with Crippen molar-refractivity contribution in [3.63, 3.8) is 0 Å². The zero-order valence-corrected chi connectivity index (χ0v) is 19.1. The van der Waals surface area contributed by atoms with Gasteiger partial charge in [-0.3, -0.25) is 14.6 Å². The van der Waals surface area contributed by atoms with Crippen LogP contribution in [0.4, 0.5) is 5.69 Å². The zero-order chi connectivity index (χ0) is 21.4. The summed E-state index contributed by atoms with van der Waals surface area (Å²) in [6.07, 6.45) is 1.16. The number of para-hydroxylation sites is 1. The lowest BCUT2D eigenvalue weighted by atomic mass is 10.0. The number of halogens is 1. The number of ether oxygens (including phenoxy) is 1. The van der Waals surface area contributed by atoms with Crippen LogP contribution in [0.5, 0.6) is 5.75 Å². The van der Waals surface area contributed by atoms with Crippen molar-refractivity contribution < 1.29 is 14.2 Å². The molecule has 154 valence electrons. The van der Waals surface area contributed by atoms with Crippen molar-refractivity contribution in [2.24, 2.45) is 0 Å². The molecule has 1 aliphatic heterocycles. The lowest BCUT2D eigenvalue weighted by molar-refractivity contribution is -0.763. The van der Waals surface area contributed by atoms with Crippen molar-refractivity contribution in [2.75, 3.05) is 17.8 Å². The van der Waals surface area contributed by atoms with Crippen LogP contribution >= 0.6 is 27.7 Å². The van der Waals surface area contributed by atoms with Crippen LogP contribution in [0.3, 0.4) is 0 Å². The number of rotatable bonds is 4. The van der Waals surface area contributed by atoms with Crippen molar-refractivity contribution in [3.05, 3.63) is 62.9 Å². The van der Waals surface area contributed by atoms with Gasteiger partial charge in [0.05, 0.1) is 23.4 Å². The van der Waals surface area contributed by atoms with Gasteiger partial charge in [-0.25, -0.2) is 4.90 Å². The maximum atomic E-state index is 13.1. The summed E-state index contributed by atoms with van der Waals surface area (Å²) < 4.78 is 8.33. The Kier molecular flexibility index (Phi) is 5.66. The van der Waals surface area contributed by atoms with Crippen LogP contribution in [0.25, 0.3) is 11.3 Å². The number of aromatic nitrogens is 3. The van der Waals surface area contributed by atoms with Crippen LogP contribution in [0, 0.1) is 0 Å². The number of anilines is 1. The summed E-state index contributed by atoms with van der Waals surface area (Å²) in [4.78, 5) is 30.4. The van der Waals surface area contributed by atoms with Crippen LogP contribution in [-0.2, 0) is 4.79 Å². The Morgan fingerprint density at radius 1 is 1.33 bits per heavy atom. The van der Waals surface area contributed by atoms with E-state index in [4.69, 9.17) is 4.74 Å². The summed E-state index contributed by atoms with van der Waals surface area (Å²) in [7, 11) is 0. The number of aromatic amines is 1. The number of H-pyrrole nitrogens is 1. The maximum Gasteiger partial charge on any atom is 0.325 e. The molecule has 9 heteroatoms. The summed E-state index contributed by atoms with van der Waals surface area (Å²) in [5, 5.41) is 5.13. The number of fused-ring (bicyclic) bond motifs is 3. The van der Waals surface area contributed by atoms with E-state index in [-0.39, 0.29) is 11.5 Å². The van der Waals surface area contributed by atoms with Gasteiger partial charge in [-0.1, -0.05) is 39.8 Å². The number of hydrogen-bond acceptors (Lipinski definition) is 5. The second-order valence-electron chi connectivity index (χ2n) is 6.65. The topological polar surface area (TPSA) is 79.2 Å². The van der Waals surface area contributed by atoms with Gasteiger partial charge in [-0.05, 0) is 48.2 Å². The molecule has 0 bridgehead atoms. The minimum atomic E-state index is -0.681. The first-order valence-electron chi connectivity index (χ1n) is 9.37. The van der Waals surface area contributed by atoms with Crippen LogP contribution in [0.15, 0.2) is 56.9 Å². The van der Waals surface area contributed by atoms with Crippen LogP contribution in [0.2, 0.25) is 0 Å². The monoisotopic (exact) mass is 487 g/mol. The van der Waals surface area contributed by atoms with Gasteiger partial charge in [-0.15, -0.1) is 0 Å². The van der Waals surface area contributed by atoms with Crippen molar-refractivity contribution in [2.45, 2.75) is 25.2 Å². The molecule has 1 unspecified atom stereocenters. The number of nitrogens with one attached hydrogen (secondary N) is 1. The first-order valence-corrected chi connectivity index (χ1v) is 11.4. The Morgan fingerprint density at radius 3 is 2.80 bits per heavy atom. The smallest absolute Gasteiger partial charge is 0.325 e. The van der Waals surface area contributed by atoms with Gasteiger partial charge in [0.2, 0.25) is 11.1 Å². The van der Waals surface area contributed by atoms with E-state index in [2.05, 4.69) is 26.0 Å². The van der Waals surface area contributed by atoms with Gasteiger partial charge in [-0.2, -0.15) is 0 Å². The molecule has 1 atom stereocenters. The quantitative estimate of drug-likeness (QED) is 0.449. The van der Waals surface area contributed by atoms with Crippen molar-refractivity contribution in [1.29, 1.82) is 0 Å². The fourth-order valence-corrected chi connectivity index (χ4v) is 4.44. The van der Waals surface area contributed by atoms with Gasteiger partial charge in [0.15, 0.2) is 0 Å². The molecule has 0 saturated heterocycles. The molecule has 4 rings (SSSR count). The molecule has 30 heavy (non-hydrogen) atoms. The maximum absolute atomic E-state index is 13.1. The SMILES string of the molecule is CCOc1ccc(Br)cc1C1N(C(C)=O)c2ccccc2-c2c(=O)[nH]c(SC)n[n+]21. The highest BCUT2D eigenvalue weighted by molar-refractivity contribution is 9.10. The number of hydrogen-bond donors (Lipinski definition) is 1. The van der Waals surface area contributed by atoms with E-state index in [0.717, 1.165) is 10.0 Å². The van der Waals surface area contributed by atoms with E-state index in [1.165, 1.54) is 18.7 Å². The third-order valence-electron chi connectivity index (χ3n) is 4.84. The fraction of sp³-hybridized carbons (Fsp3) is 0.238. The van der Waals surface area contributed by atoms with E-state index >= 15 is 0 Å². The lowest BCUT2D eigenvalue weighted by Crippen LogP contribution is -2.60. The number of carbonyl (C=O) groups excluding carboxylic acids is 1. The Morgan fingerprint density at radius 2 is 2.10 bits per heavy atom. The summed E-state index contributed by atoms with van der Waals surface area (Å²) in [5.41, 5.74) is 2.17. The molecule has 1 amide bonds. The largest absolute Gasteiger partial charge is 0.493 e. The normalized spacial score (nSPS) is 14.8. The molecule has 0 spiro atoms. The van der Waals surface area contributed by atoms with Crippen molar-refractivity contribution >= 4 is 39.3 Å². The third-order valence-corrected chi connectivity index (χ3v) is 5.90. The lowest BCUT2D eigenvalue weighted by Gasteiger charge is -2.32. The van der Waals surface area contributed by atoms with Gasteiger partial charge in [0.25, 0.3) is 6.17 Å². The van der Waals surface area contributed by atoms with Crippen LogP contribution in [0.1, 0.15) is 25.6 Å². The fourth-order valence-electron chi connectivity index (χ4n) is 3.69. The molecule has 2 aromatic carbocycles. The number of carbonyl (C=O) groups is 1. The summed E-state index contributed by atoms with van der Waals surface area (Å²) in [6.45, 7) is 3.88. The Hall–Kier alpha value is -2.65. The third kappa shape index (κ3) is 3.41. The second kappa shape index (κ2) is 8.23. The van der Waals surface area contributed by atoms with Crippen molar-refractivity contribution in [1.82, 2.24) is 10.1 Å². The van der Waals surface area contributed by atoms with E-state index in [1.807, 2.05) is 55.6 Å². The van der Waals surface area contributed by atoms with E-state index < -0.39 is 6.17 Å². The van der Waals surface area contributed by atoms with Gasteiger partial charge in [0.1, 0.15) is 5.75 Å². The molecule has 2 heterocycles. The van der Waals surface area contributed by atoms with E-state index in [1.54, 1.807) is 9.58 Å². The molecule has 0 fully saturated rings. The Balaban J connectivity index is 2.11. The summed E-state index contributed by atoms with van der Waals surface area (Å²) in [6, 6.07) is 13.0. The zero-order valence-electron chi connectivity index (χ0n) is 16.7. The molecule has 0 aliphatic carbocycles. The first-order chi connectivity index (χ1) is 14.5. The summed E-state index contributed by atoms with van der Waals surface area (Å²) in [5.74, 6) is 0.461. The minimum Gasteiger partial charge on any atom is -0.493 e. The number of nitrogens with zero attached hydrogens (tertiary/aromatic N) is 3. The molecule has 7 nitrogen and oxygen atoms in total. The molecule has 0 saturated carbocycles. The van der Waals surface area contributed by atoms with Gasteiger partial charge >= 0.3 is 11.3 Å². The highest BCUT2D eigenvalue weighted by Gasteiger charge is 2.46. The highest BCUT2D eigenvalue weighted by atomic mass is 79.9. The molecule has 1 aliphatic rings. The molecular formula is C21H20BrN4O3S+. The predicted molar refractivity (Wildman–Crippen MR) is 119 cm³/mol. The minimum absolute atomic E-state index is 0.166. The second-order valence-corrected chi connectivity index (χ2v) is 8.36. The molecule has 3 aromatic rings.